The van der Waals surface area contributed by atoms with Crippen molar-refractivity contribution in [2.24, 2.45) is 5.73 Å². The molecule has 2 aromatic heterocycles. The molecule has 2 heterocycles. The predicted molar refractivity (Wildman–Crippen MR) is 78.7 cm³/mol. The molecule has 0 bridgehead atoms. The van der Waals surface area contributed by atoms with Crippen molar-refractivity contribution in [2.45, 2.75) is 52.1 Å². The molecule has 2 N–H and O–H groups in total. The highest BCUT2D eigenvalue weighted by Crippen LogP contribution is 2.32. The minimum Gasteiger partial charge on any atom is -0.368 e. The van der Waals surface area contributed by atoms with E-state index in [2.05, 4.69) is 10.1 Å². The number of alkyl halides is 1. The maximum Gasteiger partial charge on any atom is 0.243 e. The Morgan fingerprint density at radius 1 is 1.50 bits per heavy atom. The van der Waals surface area contributed by atoms with Gasteiger partial charge in [-0.15, -0.1) is 11.6 Å². The van der Waals surface area contributed by atoms with Crippen molar-refractivity contribution in [3.63, 3.8) is 0 Å². The summed E-state index contributed by atoms with van der Waals surface area (Å²) in [6.45, 7) is 9.93. The molecule has 2 rings (SSSR count). The third-order valence-electron chi connectivity index (χ3n) is 3.55. The Morgan fingerprint density at radius 2 is 2.10 bits per heavy atom. The molecule has 2 aromatic rings. The second kappa shape index (κ2) is 4.77. The van der Waals surface area contributed by atoms with Crippen LogP contribution in [0.3, 0.4) is 0 Å². The largest absolute Gasteiger partial charge is 0.368 e. The van der Waals surface area contributed by atoms with Crippen LogP contribution in [0.25, 0.3) is 11.2 Å². The number of nitrogens with zero attached hydrogens (tertiary/aromatic N) is 4. The summed E-state index contributed by atoms with van der Waals surface area (Å²) in [6.07, 6.45) is 0. The predicted octanol–water partition coefficient (Wildman–Crippen LogP) is 2.08. The van der Waals surface area contributed by atoms with E-state index in [1.807, 2.05) is 30.0 Å². The van der Waals surface area contributed by atoms with Crippen molar-refractivity contribution in [1.82, 2.24) is 19.3 Å². The molecule has 0 spiro atoms. The summed E-state index contributed by atoms with van der Waals surface area (Å²) in [5.74, 6) is 0.199. The average molecular weight is 298 g/mol. The lowest BCUT2D eigenvalue weighted by Gasteiger charge is -2.26. The van der Waals surface area contributed by atoms with Crippen LogP contribution in [0.4, 0.5) is 0 Å². The highest BCUT2D eigenvalue weighted by molar-refractivity contribution is 6.20. The van der Waals surface area contributed by atoms with Gasteiger partial charge in [-0.3, -0.25) is 9.36 Å². The van der Waals surface area contributed by atoms with Crippen LogP contribution in [0.1, 0.15) is 44.6 Å². The van der Waals surface area contributed by atoms with Crippen LogP contribution in [0.15, 0.2) is 0 Å². The molecule has 0 aliphatic carbocycles. The van der Waals surface area contributed by atoms with Gasteiger partial charge in [-0.1, -0.05) is 0 Å². The number of aryl methyl sites for hydroxylation is 2. The topological polar surface area (TPSA) is 78.7 Å². The molecule has 110 valence electrons. The fraction of sp³-hybridized carbons (Fsp3) is 0.615. The van der Waals surface area contributed by atoms with Crippen LogP contribution in [0, 0.1) is 6.92 Å². The zero-order valence-corrected chi connectivity index (χ0v) is 13.2. The van der Waals surface area contributed by atoms with E-state index in [1.165, 1.54) is 0 Å². The van der Waals surface area contributed by atoms with Gasteiger partial charge in [-0.2, -0.15) is 5.10 Å². The molecule has 1 atom stereocenters. The second-order valence-corrected chi connectivity index (χ2v) is 6.07. The second-order valence-electron chi connectivity index (χ2n) is 5.42. The number of fused-ring (bicyclic) bond motifs is 1. The molecule has 0 aliphatic rings. The van der Waals surface area contributed by atoms with Crippen LogP contribution < -0.4 is 5.73 Å². The zero-order chi connectivity index (χ0) is 15.2. The van der Waals surface area contributed by atoms with E-state index < -0.39 is 11.4 Å². The number of hydrogen-bond acceptors (Lipinski definition) is 3. The van der Waals surface area contributed by atoms with Gasteiger partial charge in [0.1, 0.15) is 16.9 Å². The summed E-state index contributed by atoms with van der Waals surface area (Å²) < 4.78 is 3.64. The SMILES string of the molecule is CCn1nc(C)c2nc(C(C)Cl)n(C(C)(C)C(N)=O)c21. The lowest BCUT2D eigenvalue weighted by atomic mass is 10.0. The molecular formula is C13H20ClN5O. The monoisotopic (exact) mass is 297 g/mol. The Morgan fingerprint density at radius 3 is 2.55 bits per heavy atom. The van der Waals surface area contributed by atoms with Gasteiger partial charge in [0.15, 0.2) is 5.65 Å². The summed E-state index contributed by atoms with van der Waals surface area (Å²) in [4.78, 5) is 16.4. The van der Waals surface area contributed by atoms with E-state index in [-0.39, 0.29) is 5.38 Å². The van der Waals surface area contributed by atoms with Gasteiger partial charge in [-0.25, -0.2) is 9.67 Å². The molecule has 20 heavy (non-hydrogen) atoms. The number of imidazole rings is 1. The van der Waals surface area contributed by atoms with Crippen LogP contribution in [0.5, 0.6) is 0 Å². The van der Waals surface area contributed by atoms with Gasteiger partial charge < -0.3 is 5.73 Å². The smallest absolute Gasteiger partial charge is 0.243 e. The van der Waals surface area contributed by atoms with Gasteiger partial charge in [0.05, 0.1) is 11.1 Å². The number of amides is 1. The van der Waals surface area contributed by atoms with E-state index >= 15 is 0 Å². The van der Waals surface area contributed by atoms with E-state index in [0.717, 1.165) is 16.9 Å². The first-order valence-corrected chi connectivity index (χ1v) is 7.05. The molecule has 7 heteroatoms. The molecule has 0 aliphatic heterocycles. The van der Waals surface area contributed by atoms with Crippen molar-refractivity contribution in [2.75, 3.05) is 0 Å². The fourth-order valence-electron chi connectivity index (χ4n) is 2.33. The summed E-state index contributed by atoms with van der Waals surface area (Å²) in [5.41, 5.74) is 7.01. The fourth-order valence-corrected chi connectivity index (χ4v) is 2.48. The number of carbonyl (C=O) groups is 1. The molecule has 0 saturated carbocycles. The molecule has 0 radical (unpaired) electrons. The Kier molecular flexibility index (Phi) is 3.54. The molecule has 1 unspecified atom stereocenters. The van der Waals surface area contributed by atoms with Crippen LogP contribution >= 0.6 is 11.6 Å². The molecule has 0 saturated heterocycles. The Hall–Kier alpha value is -1.56. The zero-order valence-electron chi connectivity index (χ0n) is 12.4. The maximum atomic E-state index is 11.8. The number of halogens is 1. The molecule has 1 amide bonds. The van der Waals surface area contributed by atoms with Gasteiger partial charge in [-0.05, 0) is 34.6 Å². The summed E-state index contributed by atoms with van der Waals surface area (Å²) >= 11 is 6.23. The maximum absolute atomic E-state index is 11.8. The number of nitrogens with two attached hydrogens (primary N) is 1. The highest BCUT2D eigenvalue weighted by Gasteiger charge is 2.35. The van der Waals surface area contributed by atoms with E-state index in [4.69, 9.17) is 17.3 Å². The highest BCUT2D eigenvalue weighted by atomic mass is 35.5. The summed E-state index contributed by atoms with van der Waals surface area (Å²) in [7, 11) is 0. The van der Waals surface area contributed by atoms with Crippen molar-refractivity contribution in [3.8, 4) is 0 Å². The van der Waals surface area contributed by atoms with E-state index in [9.17, 15) is 4.79 Å². The molecule has 0 aromatic carbocycles. The lowest BCUT2D eigenvalue weighted by Crippen LogP contribution is -2.42. The normalized spacial score (nSPS) is 13.9. The van der Waals surface area contributed by atoms with Crippen molar-refractivity contribution >= 4 is 28.7 Å². The average Bonchev–Trinajstić information content (AvgIpc) is 2.87. The van der Waals surface area contributed by atoms with Crippen LogP contribution in [-0.2, 0) is 16.9 Å². The molecule has 0 fully saturated rings. The standard InChI is InChI=1S/C13H20ClN5O/c1-6-18-11-9(8(3)17-18)16-10(7(2)14)19(11)13(4,5)12(15)20/h7H,6H2,1-5H3,(H2,15,20). The number of rotatable bonds is 4. The molecule has 6 nitrogen and oxygen atoms in total. The minimum atomic E-state index is -0.924. The molecular weight excluding hydrogens is 278 g/mol. The van der Waals surface area contributed by atoms with Crippen molar-refractivity contribution < 1.29 is 4.79 Å². The first-order valence-electron chi connectivity index (χ1n) is 6.62. The Bertz CT molecular complexity index is 668. The minimum absolute atomic E-state index is 0.328. The van der Waals surface area contributed by atoms with Gasteiger partial charge in [0, 0.05) is 6.54 Å². The van der Waals surface area contributed by atoms with E-state index in [1.54, 1.807) is 13.8 Å². The van der Waals surface area contributed by atoms with Gasteiger partial charge in [0.25, 0.3) is 0 Å². The summed E-state index contributed by atoms with van der Waals surface area (Å²) in [6, 6.07) is 0. The summed E-state index contributed by atoms with van der Waals surface area (Å²) in [5, 5.41) is 4.11. The quantitative estimate of drug-likeness (QED) is 0.878. The third kappa shape index (κ3) is 1.98. The van der Waals surface area contributed by atoms with Gasteiger partial charge in [0.2, 0.25) is 5.91 Å². The van der Waals surface area contributed by atoms with Crippen molar-refractivity contribution in [3.05, 3.63) is 11.5 Å². The van der Waals surface area contributed by atoms with Crippen LogP contribution in [-0.4, -0.2) is 25.2 Å². The van der Waals surface area contributed by atoms with Crippen molar-refractivity contribution in [1.29, 1.82) is 0 Å². The first-order chi connectivity index (χ1) is 9.21. The first kappa shape index (κ1) is 14.8. The lowest BCUT2D eigenvalue weighted by molar-refractivity contribution is -0.125. The third-order valence-corrected chi connectivity index (χ3v) is 3.75. The number of carbonyl (C=O) groups excluding carboxylic acids is 1. The number of primary amides is 1. The van der Waals surface area contributed by atoms with E-state index in [0.29, 0.717) is 12.4 Å². The number of hydrogen-bond donors (Lipinski definition) is 1. The van der Waals surface area contributed by atoms with Crippen LogP contribution in [0.2, 0.25) is 0 Å². The Balaban J connectivity index is 2.91. The van der Waals surface area contributed by atoms with Gasteiger partial charge >= 0.3 is 0 Å². The Labute approximate surface area is 122 Å². The number of aromatic nitrogens is 4.